The Bertz CT molecular complexity index is 1120. The Kier molecular flexibility index (Phi) is 7.25. The van der Waals surface area contributed by atoms with E-state index in [0.29, 0.717) is 30.3 Å². The molecule has 1 aromatic heterocycles. The molecule has 162 valence electrons. The molecule has 0 aliphatic rings. The average Bonchev–Trinajstić information content (AvgIpc) is 2.79. The van der Waals surface area contributed by atoms with Crippen LogP contribution in [0.15, 0.2) is 77.8 Å². The van der Waals surface area contributed by atoms with Gasteiger partial charge in [0.25, 0.3) is 15.9 Å². The number of hydrogen-bond acceptors (Lipinski definition) is 5. The van der Waals surface area contributed by atoms with Crippen molar-refractivity contribution in [2.24, 2.45) is 0 Å². The largest absolute Gasteiger partial charge is 0.478 e. The third-order valence-electron chi connectivity index (χ3n) is 4.61. The molecule has 31 heavy (non-hydrogen) atoms. The summed E-state index contributed by atoms with van der Waals surface area (Å²) in [6, 6.07) is 18.4. The lowest BCUT2D eigenvalue weighted by atomic mass is 10.2. The van der Waals surface area contributed by atoms with Crippen LogP contribution in [0.1, 0.15) is 29.8 Å². The summed E-state index contributed by atoms with van der Waals surface area (Å²) in [4.78, 5) is 16.8. The van der Waals surface area contributed by atoms with Crippen molar-refractivity contribution in [1.82, 2.24) is 10.3 Å². The highest BCUT2D eigenvalue weighted by molar-refractivity contribution is 7.92. The van der Waals surface area contributed by atoms with Crippen molar-refractivity contribution in [2.75, 3.05) is 17.5 Å². The van der Waals surface area contributed by atoms with Crippen LogP contribution < -0.4 is 14.4 Å². The average molecular weight is 440 g/mol. The SMILES string of the molecule is CCOc1ncccc1CNC(=O)c1ccc(S(=O)(=O)N(CC)c2ccccc2)cc1. The molecule has 0 saturated carbocycles. The highest BCUT2D eigenvalue weighted by Gasteiger charge is 2.23. The van der Waals surface area contributed by atoms with Crippen LogP contribution in [-0.4, -0.2) is 32.5 Å². The summed E-state index contributed by atoms with van der Waals surface area (Å²) in [6.45, 7) is 4.67. The molecule has 2 aromatic carbocycles. The molecule has 0 aliphatic carbocycles. The summed E-state index contributed by atoms with van der Waals surface area (Å²) in [6.07, 6.45) is 1.63. The second-order valence-corrected chi connectivity index (χ2v) is 8.48. The molecule has 3 rings (SSSR count). The third kappa shape index (κ3) is 5.21. The summed E-state index contributed by atoms with van der Waals surface area (Å²) in [7, 11) is -3.74. The Labute approximate surface area is 182 Å². The van der Waals surface area contributed by atoms with Crippen molar-refractivity contribution in [2.45, 2.75) is 25.3 Å². The number of amides is 1. The van der Waals surface area contributed by atoms with Gasteiger partial charge in [0.05, 0.1) is 17.2 Å². The van der Waals surface area contributed by atoms with E-state index in [2.05, 4.69) is 10.3 Å². The second kappa shape index (κ2) is 10.1. The van der Waals surface area contributed by atoms with E-state index < -0.39 is 10.0 Å². The number of pyridine rings is 1. The van der Waals surface area contributed by atoms with E-state index in [9.17, 15) is 13.2 Å². The Morgan fingerprint density at radius 1 is 1.00 bits per heavy atom. The smallest absolute Gasteiger partial charge is 0.264 e. The fourth-order valence-corrected chi connectivity index (χ4v) is 4.57. The zero-order valence-corrected chi connectivity index (χ0v) is 18.3. The molecule has 0 spiro atoms. The molecule has 0 fully saturated rings. The van der Waals surface area contributed by atoms with Crippen molar-refractivity contribution >= 4 is 21.6 Å². The topological polar surface area (TPSA) is 88.6 Å². The Balaban J connectivity index is 1.73. The molecule has 0 atom stereocenters. The minimum atomic E-state index is -3.74. The van der Waals surface area contributed by atoms with E-state index in [0.717, 1.165) is 5.56 Å². The van der Waals surface area contributed by atoms with Gasteiger partial charge in [-0.2, -0.15) is 0 Å². The molecule has 8 heteroatoms. The fraction of sp³-hybridized carbons (Fsp3) is 0.217. The maximum Gasteiger partial charge on any atom is 0.264 e. The first-order valence-electron chi connectivity index (χ1n) is 10.00. The summed E-state index contributed by atoms with van der Waals surface area (Å²) >= 11 is 0. The molecular weight excluding hydrogens is 414 g/mol. The highest BCUT2D eigenvalue weighted by atomic mass is 32.2. The number of nitrogens with zero attached hydrogens (tertiary/aromatic N) is 2. The van der Waals surface area contributed by atoms with Crippen LogP contribution in [0.3, 0.4) is 0 Å². The number of rotatable bonds is 9. The molecule has 1 heterocycles. The van der Waals surface area contributed by atoms with Gasteiger partial charge in [0, 0.05) is 30.4 Å². The number of ether oxygens (including phenoxy) is 1. The quantitative estimate of drug-likeness (QED) is 0.550. The van der Waals surface area contributed by atoms with E-state index in [-0.39, 0.29) is 17.3 Å². The summed E-state index contributed by atoms with van der Waals surface area (Å²) in [5, 5.41) is 2.81. The molecule has 0 unspecified atom stereocenters. The van der Waals surface area contributed by atoms with Crippen molar-refractivity contribution in [3.8, 4) is 5.88 Å². The van der Waals surface area contributed by atoms with Crippen LogP contribution in [0.5, 0.6) is 5.88 Å². The van der Waals surface area contributed by atoms with E-state index in [1.54, 1.807) is 43.5 Å². The van der Waals surface area contributed by atoms with Gasteiger partial charge in [-0.15, -0.1) is 0 Å². The van der Waals surface area contributed by atoms with Crippen molar-refractivity contribution in [3.63, 3.8) is 0 Å². The first-order chi connectivity index (χ1) is 15.0. The number of hydrogen-bond donors (Lipinski definition) is 1. The first-order valence-corrected chi connectivity index (χ1v) is 11.4. The molecule has 7 nitrogen and oxygen atoms in total. The van der Waals surface area contributed by atoms with Gasteiger partial charge >= 0.3 is 0 Å². The lowest BCUT2D eigenvalue weighted by Gasteiger charge is -2.23. The van der Waals surface area contributed by atoms with Crippen LogP contribution >= 0.6 is 0 Å². The third-order valence-corrected chi connectivity index (χ3v) is 6.52. The maximum atomic E-state index is 13.1. The minimum absolute atomic E-state index is 0.126. The molecule has 0 saturated heterocycles. The van der Waals surface area contributed by atoms with Crippen LogP contribution in [0, 0.1) is 0 Å². The predicted molar refractivity (Wildman–Crippen MR) is 120 cm³/mol. The van der Waals surface area contributed by atoms with Gasteiger partial charge in [0.15, 0.2) is 0 Å². The molecule has 0 aliphatic heterocycles. The number of nitrogens with one attached hydrogen (secondary N) is 1. The normalized spacial score (nSPS) is 11.0. The lowest BCUT2D eigenvalue weighted by molar-refractivity contribution is 0.0950. The molecule has 3 aromatic rings. The van der Waals surface area contributed by atoms with Crippen molar-refractivity contribution < 1.29 is 17.9 Å². The van der Waals surface area contributed by atoms with E-state index in [1.807, 2.05) is 19.1 Å². The second-order valence-electron chi connectivity index (χ2n) is 6.61. The number of sulfonamides is 1. The van der Waals surface area contributed by atoms with Crippen molar-refractivity contribution in [3.05, 3.63) is 84.1 Å². The van der Waals surface area contributed by atoms with E-state index in [1.165, 1.54) is 28.6 Å². The number of para-hydroxylation sites is 1. The van der Waals surface area contributed by atoms with Gasteiger partial charge in [0.2, 0.25) is 5.88 Å². The summed E-state index contributed by atoms with van der Waals surface area (Å²) < 4.78 is 32.9. The molecule has 1 N–H and O–H groups in total. The van der Waals surface area contributed by atoms with Crippen LogP contribution in [-0.2, 0) is 16.6 Å². The minimum Gasteiger partial charge on any atom is -0.478 e. The van der Waals surface area contributed by atoms with Gasteiger partial charge in [-0.1, -0.05) is 24.3 Å². The van der Waals surface area contributed by atoms with E-state index >= 15 is 0 Å². The first kappa shape index (κ1) is 22.3. The lowest BCUT2D eigenvalue weighted by Crippen LogP contribution is -2.30. The predicted octanol–water partition coefficient (Wildman–Crippen LogP) is 3.63. The summed E-state index contributed by atoms with van der Waals surface area (Å²) in [5.41, 5.74) is 1.72. The highest BCUT2D eigenvalue weighted by Crippen LogP contribution is 2.23. The van der Waals surface area contributed by atoms with Crippen molar-refractivity contribution in [1.29, 1.82) is 0 Å². The van der Waals surface area contributed by atoms with Crippen LogP contribution in [0.2, 0.25) is 0 Å². The van der Waals surface area contributed by atoms with Gasteiger partial charge < -0.3 is 10.1 Å². The fourth-order valence-electron chi connectivity index (χ4n) is 3.09. The number of benzene rings is 2. The Morgan fingerprint density at radius 2 is 1.71 bits per heavy atom. The van der Waals surface area contributed by atoms with Gasteiger partial charge in [-0.3, -0.25) is 9.10 Å². The number of anilines is 1. The number of carbonyl (C=O) groups excluding carboxylic acids is 1. The zero-order chi connectivity index (χ0) is 22.3. The molecule has 0 bridgehead atoms. The van der Waals surface area contributed by atoms with Gasteiger partial charge in [-0.25, -0.2) is 13.4 Å². The van der Waals surface area contributed by atoms with Gasteiger partial charge in [0.1, 0.15) is 0 Å². The van der Waals surface area contributed by atoms with Gasteiger partial charge in [-0.05, 0) is 56.3 Å². The number of carbonyl (C=O) groups is 1. The standard InChI is InChI=1S/C23H25N3O4S/c1-3-26(20-10-6-5-7-11-20)31(28,29)21-14-12-18(13-15-21)22(27)25-17-19-9-8-16-24-23(19)30-4-2/h5-16H,3-4,17H2,1-2H3,(H,25,27). The Morgan fingerprint density at radius 3 is 2.35 bits per heavy atom. The molecular formula is C23H25N3O4S. The van der Waals surface area contributed by atoms with Crippen LogP contribution in [0.4, 0.5) is 5.69 Å². The Hall–Kier alpha value is -3.39. The summed E-state index contributed by atoms with van der Waals surface area (Å²) in [5.74, 6) is 0.165. The molecule has 0 radical (unpaired) electrons. The zero-order valence-electron chi connectivity index (χ0n) is 17.5. The molecule has 1 amide bonds. The maximum absolute atomic E-state index is 13.1. The number of aromatic nitrogens is 1. The monoisotopic (exact) mass is 439 g/mol. The van der Waals surface area contributed by atoms with Crippen LogP contribution in [0.25, 0.3) is 0 Å². The van der Waals surface area contributed by atoms with E-state index in [4.69, 9.17) is 4.74 Å².